The van der Waals surface area contributed by atoms with Gasteiger partial charge >= 0.3 is 6.36 Å². The minimum atomic E-state index is -4.76. The zero-order valence-corrected chi connectivity index (χ0v) is 8.92. The van der Waals surface area contributed by atoms with Crippen molar-refractivity contribution < 1.29 is 23.0 Å². The molecule has 0 bridgehead atoms. The molecule has 1 aromatic rings. The number of phenolic OH excluding ortho intramolecular Hbond substituents is 1. The van der Waals surface area contributed by atoms with Crippen LogP contribution in [0, 0.1) is 0 Å². The summed E-state index contributed by atoms with van der Waals surface area (Å²) in [5, 5.41) is 9.39. The summed E-state index contributed by atoms with van der Waals surface area (Å²) in [4.78, 5) is 0. The van der Waals surface area contributed by atoms with Crippen LogP contribution in [-0.4, -0.2) is 17.2 Å². The summed E-state index contributed by atoms with van der Waals surface area (Å²) in [7, 11) is 0. The largest absolute Gasteiger partial charge is 0.573 e. The number of phenols is 1. The Morgan fingerprint density at radius 2 is 2.06 bits per heavy atom. The molecule has 0 aromatic heterocycles. The van der Waals surface area contributed by atoms with E-state index in [0.29, 0.717) is 11.3 Å². The average molecular weight is 250 g/mol. The van der Waals surface area contributed by atoms with Crippen molar-refractivity contribution in [1.29, 1.82) is 0 Å². The highest BCUT2D eigenvalue weighted by Crippen LogP contribution is 2.28. The maximum absolute atomic E-state index is 11.8. The lowest BCUT2D eigenvalue weighted by molar-refractivity contribution is -0.274. The Kier molecular flexibility index (Phi) is 4.12. The molecule has 6 heteroatoms. The fourth-order valence-corrected chi connectivity index (χ4v) is 1.15. The first-order valence-electron chi connectivity index (χ1n) is 4.28. The monoisotopic (exact) mass is 250 g/mol. The first-order chi connectivity index (χ1) is 7.42. The zero-order chi connectivity index (χ0) is 12.2. The van der Waals surface area contributed by atoms with Crippen LogP contribution in [0.25, 0.3) is 6.08 Å². The Morgan fingerprint density at radius 1 is 1.38 bits per heavy atom. The standard InChI is InChI=1S/C10H9F3O2S/c11-10(12,13)15-8-4-3-7(2-1-5-16)9(14)6-8/h1-4,6,14,16H,5H2. The summed E-state index contributed by atoms with van der Waals surface area (Å²) in [6, 6.07) is 3.37. The van der Waals surface area contributed by atoms with Crippen LogP contribution >= 0.6 is 12.6 Å². The molecule has 0 aliphatic rings. The predicted molar refractivity (Wildman–Crippen MR) is 57.7 cm³/mol. The third-order valence-electron chi connectivity index (χ3n) is 1.64. The van der Waals surface area contributed by atoms with Gasteiger partial charge in [-0.25, -0.2) is 0 Å². The lowest BCUT2D eigenvalue weighted by Gasteiger charge is -2.09. The van der Waals surface area contributed by atoms with Crippen LogP contribution in [0.3, 0.4) is 0 Å². The Bertz CT molecular complexity index is 388. The third kappa shape index (κ3) is 4.06. The quantitative estimate of drug-likeness (QED) is 0.806. The summed E-state index contributed by atoms with van der Waals surface area (Å²) < 4.78 is 39.2. The number of alkyl halides is 3. The fraction of sp³-hybridized carbons (Fsp3) is 0.200. The number of aromatic hydroxyl groups is 1. The Hall–Kier alpha value is -1.30. The van der Waals surface area contributed by atoms with Gasteiger partial charge in [0.2, 0.25) is 0 Å². The molecule has 0 saturated carbocycles. The van der Waals surface area contributed by atoms with Crippen molar-refractivity contribution in [1.82, 2.24) is 0 Å². The molecular weight excluding hydrogens is 241 g/mol. The van der Waals surface area contributed by atoms with Gasteiger partial charge in [-0.3, -0.25) is 0 Å². The summed E-state index contributed by atoms with van der Waals surface area (Å²) in [6.45, 7) is 0. The van der Waals surface area contributed by atoms with Crippen molar-refractivity contribution in [3.8, 4) is 11.5 Å². The molecule has 0 unspecified atom stereocenters. The molecule has 2 nitrogen and oxygen atoms in total. The summed E-state index contributed by atoms with van der Waals surface area (Å²) >= 11 is 3.92. The summed E-state index contributed by atoms with van der Waals surface area (Å²) in [6.07, 6.45) is -1.54. The molecular formula is C10H9F3O2S. The van der Waals surface area contributed by atoms with E-state index in [1.165, 1.54) is 6.07 Å². The molecule has 0 aliphatic carbocycles. The van der Waals surface area contributed by atoms with Crippen LogP contribution < -0.4 is 4.74 Å². The highest BCUT2D eigenvalue weighted by Gasteiger charge is 2.31. The molecule has 0 spiro atoms. The number of thiol groups is 1. The lowest BCUT2D eigenvalue weighted by atomic mass is 10.2. The second kappa shape index (κ2) is 5.16. The van der Waals surface area contributed by atoms with Crippen molar-refractivity contribution in [2.75, 3.05) is 5.75 Å². The van der Waals surface area contributed by atoms with E-state index in [1.54, 1.807) is 12.2 Å². The smallest absolute Gasteiger partial charge is 0.507 e. The van der Waals surface area contributed by atoms with Crippen LogP contribution in [-0.2, 0) is 0 Å². The van der Waals surface area contributed by atoms with Gasteiger partial charge in [0.05, 0.1) is 0 Å². The van der Waals surface area contributed by atoms with Crippen molar-refractivity contribution in [2.45, 2.75) is 6.36 Å². The maximum Gasteiger partial charge on any atom is 0.573 e. The minimum Gasteiger partial charge on any atom is -0.507 e. The van der Waals surface area contributed by atoms with Crippen LogP contribution in [0.5, 0.6) is 11.5 Å². The predicted octanol–water partition coefficient (Wildman–Crippen LogP) is 3.23. The Labute approximate surface area is 95.8 Å². The topological polar surface area (TPSA) is 29.5 Å². The van der Waals surface area contributed by atoms with Gasteiger partial charge in [-0.15, -0.1) is 13.2 Å². The van der Waals surface area contributed by atoms with Gasteiger partial charge in [-0.05, 0) is 12.1 Å². The number of benzene rings is 1. The van der Waals surface area contributed by atoms with Crippen LogP contribution in [0.4, 0.5) is 13.2 Å². The first-order valence-corrected chi connectivity index (χ1v) is 4.92. The van der Waals surface area contributed by atoms with Crippen molar-refractivity contribution >= 4 is 18.7 Å². The molecule has 1 rings (SSSR count). The number of ether oxygens (including phenoxy) is 1. The molecule has 16 heavy (non-hydrogen) atoms. The summed E-state index contributed by atoms with van der Waals surface area (Å²) in [5.41, 5.74) is 0.406. The van der Waals surface area contributed by atoms with Gasteiger partial charge < -0.3 is 9.84 Å². The van der Waals surface area contributed by atoms with E-state index in [0.717, 1.165) is 12.1 Å². The normalized spacial score (nSPS) is 12.0. The first kappa shape index (κ1) is 12.8. The minimum absolute atomic E-state index is 0.278. The SMILES string of the molecule is Oc1cc(OC(F)(F)F)ccc1C=CCS. The Morgan fingerprint density at radius 3 is 2.56 bits per heavy atom. The van der Waals surface area contributed by atoms with E-state index in [2.05, 4.69) is 17.4 Å². The Balaban J connectivity index is 2.87. The molecule has 0 atom stereocenters. The van der Waals surface area contributed by atoms with Crippen molar-refractivity contribution in [3.05, 3.63) is 29.8 Å². The molecule has 0 radical (unpaired) electrons. The maximum atomic E-state index is 11.8. The summed E-state index contributed by atoms with van der Waals surface area (Å²) in [5.74, 6) is -0.256. The van der Waals surface area contributed by atoms with E-state index in [4.69, 9.17) is 0 Å². The van der Waals surface area contributed by atoms with Crippen molar-refractivity contribution in [2.24, 2.45) is 0 Å². The highest BCUT2D eigenvalue weighted by molar-refractivity contribution is 7.80. The van der Waals surface area contributed by atoms with E-state index in [-0.39, 0.29) is 5.75 Å². The number of hydrogen-bond acceptors (Lipinski definition) is 3. The van der Waals surface area contributed by atoms with E-state index in [1.807, 2.05) is 0 Å². The molecule has 1 aromatic carbocycles. The van der Waals surface area contributed by atoms with Gasteiger partial charge in [0.15, 0.2) is 0 Å². The number of rotatable bonds is 3. The van der Waals surface area contributed by atoms with E-state index < -0.39 is 12.1 Å². The molecule has 1 N–H and O–H groups in total. The number of halogens is 3. The van der Waals surface area contributed by atoms with Crippen LogP contribution in [0.15, 0.2) is 24.3 Å². The van der Waals surface area contributed by atoms with E-state index >= 15 is 0 Å². The molecule has 88 valence electrons. The average Bonchev–Trinajstić information content (AvgIpc) is 2.14. The number of hydrogen-bond donors (Lipinski definition) is 2. The van der Waals surface area contributed by atoms with E-state index in [9.17, 15) is 18.3 Å². The lowest BCUT2D eigenvalue weighted by Crippen LogP contribution is -2.16. The fourth-order valence-electron chi connectivity index (χ4n) is 1.04. The molecule has 0 amide bonds. The van der Waals surface area contributed by atoms with Crippen LogP contribution in [0.1, 0.15) is 5.56 Å². The van der Waals surface area contributed by atoms with Crippen LogP contribution in [0.2, 0.25) is 0 Å². The highest BCUT2D eigenvalue weighted by atomic mass is 32.1. The van der Waals surface area contributed by atoms with Gasteiger partial charge in [0, 0.05) is 17.4 Å². The van der Waals surface area contributed by atoms with Crippen molar-refractivity contribution in [3.63, 3.8) is 0 Å². The molecule has 0 aliphatic heterocycles. The second-order valence-electron chi connectivity index (χ2n) is 2.85. The van der Waals surface area contributed by atoms with Gasteiger partial charge in [0.25, 0.3) is 0 Å². The molecule has 0 heterocycles. The van der Waals surface area contributed by atoms with Gasteiger partial charge in [-0.2, -0.15) is 12.6 Å². The second-order valence-corrected chi connectivity index (χ2v) is 3.22. The third-order valence-corrected chi connectivity index (χ3v) is 1.85. The zero-order valence-electron chi connectivity index (χ0n) is 8.03. The molecule has 0 saturated heterocycles. The molecule has 0 fully saturated rings. The van der Waals surface area contributed by atoms with Gasteiger partial charge in [0.1, 0.15) is 11.5 Å². The van der Waals surface area contributed by atoms with Gasteiger partial charge in [-0.1, -0.05) is 12.2 Å².